The number of nitrogens with two attached hydrogens (primary N) is 1. The molecule has 0 unspecified atom stereocenters. The molecule has 88 valence electrons. The lowest BCUT2D eigenvalue weighted by Crippen LogP contribution is -2.22. The first-order valence-electron chi connectivity index (χ1n) is 4.23. The molecule has 0 saturated carbocycles. The number of rotatable bonds is 4. The molecule has 16 heavy (non-hydrogen) atoms. The smallest absolute Gasteiger partial charge is 0.161 e. The number of halogens is 2. The Labute approximate surface area is 103 Å². The van der Waals surface area contributed by atoms with E-state index in [0.717, 1.165) is 6.07 Å². The first-order chi connectivity index (χ1) is 7.32. The van der Waals surface area contributed by atoms with Gasteiger partial charge in [0.05, 0.1) is 10.7 Å². The predicted octanol–water partition coefficient (Wildman–Crippen LogP) is 1.68. The van der Waals surface area contributed by atoms with Gasteiger partial charge in [-0.15, -0.1) is 0 Å². The number of hydrogen-bond donors (Lipinski definition) is 1. The third kappa shape index (κ3) is 3.70. The molecule has 0 bridgehead atoms. The van der Waals surface area contributed by atoms with E-state index >= 15 is 0 Å². The van der Waals surface area contributed by atoms with Crippen molar-refractivity contribution in [1.29, 1.82) is 0 Å². The molecule has 2 N–H and O–H groups in total. The quantitative estimate of drug-likeness (QED) is 0.853. The van der Waals surface area contributed by atoms with E-state index in [9.17, 15) is 12.8 Å². The number of sulfone groups is 1. The summed E-state index contributed by atoms with van der Waals surface area (Å²) in [6.45, 7) is 0. The van der Waals surface area contributed by atoms with Crippen LogP contribution in [0.3, 0.4) is 0 Å². The molecule has 0 aromatic heterocycles. The summed E-state index contributed by atoms with van der Waals surface area (Å²) in [5.41, 5.74) is 5.08. The zero-order valence-corrected chi connectivity index (χ0v) is 10.5. The maximum absolute atomic E-state index is 13.3. The number of hydrogen-bond acceptors (Lipinski definition) is 3. The Morgan fingerprint density at radius 1 is 1.50 bits per heavy atom. The molecule has 0 aliphatic heterocycles. The van der Waals surface area contributed by atoms with Crippen molar-refractivity contribution in [2.45, 2.75) is 5.75 Å². The molecule has 0 saturated heterocycles. The Balaban J connectivity index is 3.01. The van der Waals surface area contributed by atoms with Crippen LogP contribution in [0.25, 0.3) is 0 Å². The lowest BCUT2D eigenvalue weighted by atomic mass is 10.2. The molecule has 0 amide bonds. The maximum Gasteiger partial charge on any atom is 0.161 e. The average molecular weight is 282 g/mol. The zero-order valence-electron chi connectivity index (χ0n) is 8.11. The van der Waals surface area contributed by atoms with Crippen LogP contribution in [0.4, 0.5) is 4.39 Å². The van der Waals surface area contributed by atoms with Gasteiger partial charge in [-0.25, -0.2) is 12.8 Å². The van der Waals surface area contributed by atoms with E-state index in [1.54, 1.807) is 0 Å². The lowest BCUT2D eigenvalue weighted by molar-refractivity contribution is 0.590. The van der Waals surface area contributed by atoms with Crippen molar-refractivity contribution in [3.8, 4) is 0 Å². The third-order valence-corrected chi connectivity index (χ3v) is 3.95. The molecular formula is C9H9ClFNO2S2. The van der Waals surface area contributed by atoms with Crippen molar-refractivity contribution >= 4 is 38.6 Å². The van der Waals surface area contributed by atoms with Crippen molar-refractivity contribution in [2.75, 3.05) is 5.75 Å². The van der Waals surface area contributed by atoms with Crippen molar-refractivity contribution in [1.82, 2.24) is 0 Å². The van der Waals surface area contributed by atoms with E-state index in [4.69, 9.17) is 17.3 Å². The van der Waals surface area contributed by atoms with Gasteiger partial charge in [-0.05, 0) is 12.1 Å². The number of benzene rings is 1. The van der Waals surface area contributed by atoms with E-state index < -0.39 is 27.2 Å². The highest BCUT2D eigenvalue weighted by Gasteiger charge is 2.18. The second kappa shape index (κ2) is 5.07. The highest BCUT2D eigenvalue weighted by molar-refractivity contribution is 7.93. The summed E-state index contributed by atoms with van der Waals surface area (Å²) < 4.78 is 36.3. The van der Waals surface area contributed by atoms with Gasteiger partial charge in [-0.3, -0.25) is 0 Å². The van der Waals surface area contributed by atoms with Gasteiger partial charge in [0.15, 0.2) is 9.84 Å². The van der Waals surface area contributed by atoms with Crippen molar-refractivity contribution in [3.05, 3.63) is 34.6 Å². The van der Waals surface area contributed by atoms with E-state index in [1.165, 1.54) is 12.1 Å². The SMILES string of the molecule is NC(=S)CS(=O)(=O)Cc1c(F)cccc1Cl. The van der Waals surface area contributed by atoms with Gasteiger partial charge in [0, 0.05) is 10.6 Å². The van der Waals surface area contributed by atoms with Gasteiger partial charge in [-0.2, -0.15) is 0 Å². The predicted molar refractivity (Wildman–Crippen MR) is 65.7 cm³/mol. The lowest BCUT2D eigenvalue weighted by Gasteiger charge is -2.06. The largest absolute Gasteiger partial charge is 0.392 e. The topological polar surface area (TPSA) is 60.2 Å². The normalized spacial score (nSPS) is 11.4. The Morgan fingerprint density at radius 2 is 2.12 bits per heavy atom. The summed E-state index contributed by atoms with van der Waals surface area (Å²) in [5.74, 6) is -1.61. The van der Waals surface area contributed by atoms with Gasteiger partial charge in [0.25, 0.3) is 0 Å². The fourth-order valence-electron chi connectivity index (χ4n) is 1.16. The fraction of sp³-hybridized carbons (Fsp3) is 0.222. The minimum Gasteiger partial charge on any atom is -0.392 e. The van der Waals surface area contributed by atoms with Crippen molar-refractivity contribution < 1.29 is 12.8 Å². The van der Waals surface area contributed by atoms with Crippen LogP contribution in [0.15, 0.2) is 18.2 Å². The van der Waals surface area contributed by atoms with Crippen LogP contribution in [0.5, 0.6) is 0 Å². The Morgan fingerprint density at radius 3 is 2.62 bits per heavy atom. The van der Waals surface area contributed by atoms with E-state index in [2.05, 4.69) is 12.2 Å². The third-order valence-electron chi connectivity index (χ3n) is 1.79. The second-order valence-corrected chi connectivity index (χ2v) is 6.19. The summed E-state index contributed by atoms with van der Waals surface area (Å²) in [4.78, 5) is -0.146. The van der Waals surface area contributed by atoms with E-state index in [0.29, 0.717) is 0 Å². The molecule has 1 aromatic carbocycles. The van der Waals surface area contributed by atoms with E-state index in [1.807, 2.05) is 0 Å². The molecule has 0 heterocycles. The van der Waals surface area contributed by atoms with Gasteiger partial charge >= 0.3 is 0 Å². The molecule has 0 atom stereocenters. The zero-order chi connectivity index (χ0) is 12.3. The standard InChI is InChI=1S/C9H9ClFNO2S2/c10-7-2-1-3-8(11)6(7)4-16(13,14)5-9(12)15/h1-3H,4-5H2,(H2,12,15). The van der Waals surface area contributed by atoms with Gasteiger partial charge in [0.1, 0.15) is 11.6 Å². The second-order valence-electron chi connectivity index (χ2n) is 3.20. The molecule has 1 rings (SSSR count). The molecule has 0 fully saturated rings. The van der Waals surface area contributed by atoms with Crippen LogP contribution >= 0.6 is 23.8 Å². The average Bonchev–Trinajstić information content (AvgIpc) is 2.09. The summed E-state index contributed by atoms with van der Waals surface area (Å²) in [6, 6.07) is 3.98. The Bertz CT molecular complexity index is 496. The van der Waals surface area contributed by atoms with Crippen LogP contribution in [-0.4, -0.2) is 19.2 Å². The first kappa shape index (κ1) is 13.3. The molecular weight excluding hydrogens is 273 g/mol. The fourth-order valence-corrected chi connectivity index (χ4v) is 3.27. The highest BCUT2D eigenvalue weighted by Crippen LogP contribution is 2.21. The van der Waals surface area contributed by atoms with Crippen molar-refractivity contribution in [3.63, 3.8) is 0 Å². The van der Waals surface area contributed by atoms with Gasteiger partial charge in [0.2, 0.25) is 0 Å². The van der Waals surface area contributed by atoms with Crippen LogP contribution in [0.2, 0.25) is 5.02 Å². The molecule has 0 aliphatic carbocycles. The monoisotopic (exact) mass is 281 g/mol. The minimum absolute atomic E-state index is 0.0552. The molecule has 1 aromatic rings. The summed E-state index contributed by atoms with van der Waals surface area (Å²) >= 11 is 10.2. The summed E-state index contributed by atoms with van der Waals surface area (Å²) in [7, 11) is -3.57. The first-order valence-corrected chi connectivity index (χ1v) is 6.84. The molecule has 0 radical (unpaired) electrons. The van der Waals surface area contributed by atoms with Crippen LogP contribution in [0, 0.1) is 5.82 Å². The van der Waals surface area contributed by atoms with Gasteiger partial charge < -0.3 is 5.73 Å². The van der Waals surface area contributed by atoms with Crippen LogP contribution < -0.4 is 5.73 Å². The molecule has 7 heteroatoms. The maximum atomic E-state index is 13.3. The van der Waals surface area contributed by atoms with Crippen molar-refractivity contribution in [2.24, 2.45) is 5.73 Å². The molecule has 0 spiro atoms. The number of thiocarbonyl (C=S) groups is 1. The van der Waals surface area contributed by atoms with E-state index in [-0.39, 0.29) is 15.6 Å². The summed E-state index contributed by atoms with van der Waals surface area (Å²) in [6.07, 6.45) is 0. The Kier molecular flexibility index (Phi) is 4.23. The summed E-state index contributed by atoms with van der Waals surface area (Å²) in [5, 5.41) is 0.0755. The minimum atomic E-state index is -3.57. The van der Waals surface area contributed by atoms with Gasteiger partial charge in [-0.1, -0.05) is 29.9 Å². The van der Waals surface area contributed by atoms with Crippen LogP contribution in [0.1, 0.15) is 5.56 Å². The highest BCUT2D eigenvalue weighted by atomic mass is 35.5. The molecule has 3 nitrogen and oxygen atoms in total. The Hall–Kier alpha value is -0.720. The molecule has 0 aliphatic rings. The van der Waals surface area contributed by atoms with Crippen LogP contribution in [-0.2, 0) is 15.6 Å².